The molecule has 3 aromatic carbocycles. The summed E-state index contributed by atoms with van der Waals surface area (Å²) in [6, 6.07) is 19.8. The van der Waals surface area contributed by atoms with Gasteiger partial charge in [-0.15, -0.1) is 0 Å². The average Bonchev–Trinajstić information content (AvgIpc) is 2.72. The van der Waals surface area contributed by atoms with Gasteiger partial charge in [-0.3, -0.25) is 9.59 Å². The lowest BCUT2D eigenvalue weighted by atomic mass is 9.98. The molecule has 5 heteroatoms. The second-order valence-electron chi connectivity index (χ2n) is 5.75. The van der Waals surface area contributed by atoms with E-state index < -0.39 is 24.2 Å². The number of Topliss-reactive ketones (excluding diaryl/α,β-unsaturated/α-hetero) is 1. The summed E-state index contributed by atoms with van der Waals surface area (Å²) in [4.78, 5) is 37.1. The predicted octanol–water partition coefficient (Wildman–Crippen LogP) is 4.10. The minimum absolute atomic E-state index is 0.0817. The van der Waals surface area contributed by atoms with Crippen molar-refractivity contribution in [1.29, 1.82) is 0 Å². The van der Waals surface area contributed by atoms with Crippen LogP contribution in [0.4, 0.5) is 4.39 Å². The Bertz CT molecular complexity index is 979. The van der Waals surface area contributed by atoms with Crippen molar-refractivity contribution in [2.75, 3.05) is 6.61 Å². The molecule has 3 rings (SSSR count). The first kappa shape index (κ1) is 18.2. The van der Waals surface area contributed by atoms with Crippen LogP contribution in [-0.2, 0) is 4.74 Å². The van der Waals surface area contributed by atoms with Gasteiger partial charge in [-0.05, 0) is 30.3 Å². The molecule has 0 fully saturated rings. The Hall–Kier alpha value is -3.60. The van der Waals surface area contributed by atoms with Crippen LogP contribution in [0.1, 0.15) is 36.6 Å². The van der Waals surface area contributed by atoms with Crippen LogP contribution in [0.15, 0.2) is 78.9 Å². The number of hydrogen-bond donors (Lipinski definition) is 0. The zero-order valence-electron chi connectivity index (χ0n) is 14.2. The smallest absolute Gasteiger partial charge is 0.339 e. The SMILES string of the molecule is O=C(COC(=O)c1ccccc1C(=O)c1ccccc1)c1ccc(F)cc1. The van der Waals surface area contributed by atoms with Crippen molar-refractivity contribution < 1.29 is 23.5 Å². The minimum atomic E-state index is -0.773. The van der Waals surface area contributed by atoms with Gasteiger partial charge in [-0.1, -0.05) is 48.5 Å². The van der Waals surface area contributed by atoms with Gasteiger partial charge in [-0.2, -0.15) is 0 Å². The van der Waals surface area contributed by atoms with Gasteiger partial charge in [0, 0.05) is 16.7 Å². The number of hydrogen-bond acceptors (Lipinski definition) is 4. The van der Waals surface area contributed by atoms with Crippen molar-refractivity contribution in [3.63, 3.8) is 0 Å². The molecule has 0 atom stereocenters. The zero-order valence-corrected chi connectivity index (χ0v) is 14.2. The van der Waals surface area contributed by atoms with Crippen molar-refractivity contribution in [3.05, 3.63) is 107 Å². The minimum Gasteiger partial charge on any atom is -0.454 e. The van der Waals surface area contributed by atoms with Gasteiger partial charge < -0.3 is 4.74 Å². The normalized spacial score (nSPS) is 10.3. The number of rotatable bonds is 6. The second-order valence-corrected chi connectivity index (χ2v) is 5.75. The molecule has 0 aliphatic heterocycles. The highest BCUT2D eigenvalue weighted by atomic mass is 19.1. The first-order valence-corrected chi connectivity index (χ1v) is 8.21. The molecule has 0 amide bonds. The highest BCUT2D eigenvalue weighted by Crippen LogP contribution is 2.16. The highest BCUT2D eigenvalue weighted by molar-refractivity contribution is 6.14. The number of halogens is 1. The van der Waals surface area contributed by atoms with Crippen LogP contribution in [0.2, 0.25) is 0 Å². The monoisotopic (exact) mass is 362 g/mol. The summed E-state index contributed by atoms with van der Waals surface area (Å²) in [6.07, 6.45) is 0. The molecule has 0 spiro atoms. The number of esters is 1. The third-order valence-electron chi connectivity index (χ3n) is 3.93. The Kier molecular flexibility index (Phi) is 5.52. The van der Waals surface area contributed by atoms with E-state index in [4.69, 9.17) is 4.74 Å². The van der Waals surface area contributed by atoms with E-state index >= 15 is 0 Å². The largest absolute Gasteiger partial charge is 0.454 e. The van der Waals surface area contributed by atoms with Crippen molar-refractivity contribution in [3.8, 4) is 0 Å². The van der Waals surface area contributed by atoms with Crippen LogP contribution < -0.4 is 0 Å². The van der Waals surface area contributed by atoms with Crippen LogP contribution in [0.5, 0.6) is 0 Å². The van der Waals surface area contributed by atoms with E-state index in [1.807, 2.05) is 0 Å². The lowest BCUT2D eigenvalue weighted by Crippen LogP contribution is -2.17. The van der Waals surface area contributed by atoms with E-state index in [-0.39, 0.29) is 22.5 Å². The molecule has 0 heterocycles. The Morgan fingerprint density at radius 1 is 0.704 bits per heavy atom. The number of ether oxygens (including phenoxy) is 1. The van der Waals surface area contributed by atoms with Crippen molar-refractivity contribution in [2.45, 2.75) is 0 Å². The molecule has 27 heavy (non-hydrogen) atoms. The summed E-state index contributed by atoms with van der Waals surface area (Å²) in [5.74, 6) is -2.01. The van der Waals surface area contributed by atoms with Crippen molar-refractivity contribution in [1.82, 2.24) is 0 Å². The van der Waals surface area contributed by atoms with Gasteiger partial charge in [0.2, 0.25) is 0 Å². The summed E-state index contributed by atoms with van der Waals surface area (Å²) < 4.78 is 18.0. The molecule has 0 aliphatic carbocycles. The molecule has 134 valence electrons. The Morgan fingerprint density at radius 3 is 1.96 bits per heavy atom. The van der Waals surface area contributed by atoms with Crippen LogP contribution in [0.25, 0.3) is 0 Å². The third-order valence-corrected chi connectivity index (χ3v) is 3.93. The van der Waals surface area contributed by atoms with E-state index in [0.29, 0.717) is 5.56 Å². The summed E-state index contributed by atoms with van der Waals surface area (Å²) in [5.41, 5.74) is 0.958. The molecular weight excluding hydrogens is 347 g/mol. The number of ketones is 2. The maximum absolute atomic E-state index is 12.9. The Balaban J connectivity index is 1.75. The zero-order chi connectivity index (χ0) is 19.2. The van der Waals surface area contributed by atoms with Crippen LogP contribution in [0.3, 0.4) is 0 Å². The molecule has 0 saturated carbocycles. The van der Waals surface area contributed by atoms with E-state index in [0.717, 1.165) is 12.1 Å². The summed E-state index contributed by atoms with van der Waals surface area (Å²) in [6.45, 7) is -0.502. The topological polar surface area (TPSA) is 60.4 Å². The Morgan fingerprint density at radius 2 is 1.30 bits per heavy atom. The second kappa shape index (κ2) is 8.19. The van der Waals surface area contributed by atoms with Crippen molar-refractivity contribution in [2.24, 2.45) is 0 Å². The summed E-state index contributed by atoms with van der Waals surface area (Å²) in [5, 5.41) is 0. The quantitative estimate of drug-likeness (QED) is 0.489. The van der Waals surface area contributed by atoms with Gasteiger partial charge in [-0.25, -0.2) is 9.18 Å². The molecule has 4 nitrogen and oxygen atoms in total. The predicted molar refractivity (Wildman–Crippen MR) is 97.3 cm³/mol. The standard InChI is InChI=1S/C22H15FO4/c23-17-12-10-15(11-13-17)20(24)14-27-22(26)19-9-5-4-8-18(19)21(25)16-6-2-1-3-7-16/h1-13H,14H2. The third kappa shape index (κ3) is 4.33. The van der Waals surface area contributed by atoms with E-state index in [2.05, 4.69) is 0 Å². The molecular formula is C22H15FO4. The fourth-order valence-electron chi connectivity index (χ4n) is 2.53. The van der Waals surface area contributed by atoms with Crippen LogP contribution in [0, 0.1) is 5.82 Å². The number of carbonyl (C=O) groups excluding carboxylic acids is 3. The van der Waals surface area contributed by atoms with E-state index in [1.54, 1.807) is 42.5 Å². The van der Waals surface area contributed by atoms with Gasteiger partial charge in [0.15, 0.2) is 18.2 Å². The summed E-state index contributed by atoms with van der Waals surface area (Å²) in [7, 11) is 0. The van der Waals surface area contributed by atoms with Crippen LogP contribution in [-0.4, -0.2) is 24.1 Å². The molecule has 0 aromatic heterocycles. The van der Waals surface area contributed by atoms with E-state index in [9.17, 15) is 18.8 Å². The van der Waals surface area contributed by atoms with E-state index in [1.165, 1.54) is 24.3 Å². The first-order chi connectivity index (χ1) is 13.1. The van der Waals surface area contributed by atoms with Crippen molar-refractivity contribution >= 4 is 17.5 Å². The fourth-order valence-corrected chi connectivity index (χ4v) is 2.53. The number of carbonyl (C=O) groups is 3. The van der Waals surface area contributed by atoms with Crippen LogP contribution >= 0.6 is 0 Å². The fraction of sp³-hybridized carbons (Fsp3) is 0.0455. The van der Waals surface area contributed by atoms with Gasteiger partial charge >= 0.3 is 5.97 Å². The molecule has 0 saturated heterocycles. The Labute approximate surface area is 155 Å². The molecule has 0 radical (unpaired) electrons. The lowest BCUT2D eigenvalue weighted by molar-refractivity contribution is 0.0473. The average molecular weight is 362 g/mol. The number of benzene rings is 3. The molecule has 0 N–H and O–H groups in total. The summed E-state index contributed by atoms with van der Waals surface area (Å²) >= 11 is 0. The molecule has 0 aliphatic rings. The molecule has 0 bridgehead atoms. The van der Waals surface area contributed by atoms with Gasteiger partial charge in [0.05, 0.1) is 5.56 Å². The van der Waals surface area contributed by atoms with Gasteiger partial charge in [0.25, 0.3) is 0 Å². The molecule has 3 aromatic rings. The maximum Gasteiger partial charge on any atom is 0.339 e. The maximum atomic E-state index is 12.9. The lowest BCUT2D eigenvalue weighted by Gasteiger charge is -2.09. The highest BCUT2D eigenvalue weighted by Gasteiger charge is 2.20. The first-order valence-electron chi connectivity index (χ1n) is 8.21. The molecule has 0 unspecified atom stereocenters. The van der Waals surface area contributed by atoms with Gasteiger partial charge in [0.1, 0.15) is 5.82 Å².